The van der Waals surface area contributed by atoms with Gasteiger partial charge in [-0.1, -0.05) is 18.2 Å². The molecule has 0 amide bonds. The van der Waals surface area contributed by atoms with E-state index in [1.165, 1.54) is 0 Å². The van der Waals surface area contributed by atoms with Gasteiger partial charge in [-0.05, 0) is 24.3 Å². The van der Waals surface area contributed by atoms with Crippen molar-refractivity contribution < 1.29 is 0 Å². The molecular formula is C17H17N5. The molecule has 0 radical (unpaired) electrons. The van der Waals surface area contributed by atoms with Crippen LogP contribution in [0.25, 0.3) is 22.4 Å². The van der Waals surface area contributed by atoms with E-state index in [0.717, 1.165) is 48.6 Å². The molecule has 3 heterocycles. The van der Waals surface area contributed by atoms with E-state index in [2.05, 4.69) is 26.3 Å². The number of rotatable bonds is 2. The van der Waals surface area contributed by atoms with E-state index in [9.17, 15) is 0 Å². The molecular weight excluding hydrogens is 274 g/mol. The molecule has 0 atom stereocenters. The van der Waals surface area contributed by atoms with Crippen LogP contribution in [-0.2, 0) is 0 Å². The lowest BCUT2D eigenvalue weighted by molar-refractivity contribution is 0.586. The lowest BCUT2D eigenvalue weighted by Crippen LogP contribution is -2.44. The molecule has 2 aromatic heterocycles. The molecule has 110 valence electrons. The maximum absolute atomic E-state index is 4.82. The quantitative estimate of drug-likeness (QED) is 0.783. The Morgan fingerprint density at radius 1 is 0.909 bits per heavy atom. The third kappa shape index (κ3) is 2.40. The molecule has 0 saturated carbocycles. The van der Waals surface area contributed by atoms with Crippen molar-refractivity contribution in [2.45, 2.75) is 0 Å². The summed E-state index contributed by atoms with van der Waals surface area (Å²) in [5.74, 6) is 1.69. The van der Waals surface area contributed by atoms with Gasteiger partial charge in [0, 0.05) is 37.8 Å². The molecule has 0 unspecified atom stereocenters. The first-order valence-corrected chi connectivity index (χ1v) is 7.56. The summed E-state index contributed by atoms with van der Waals surface area (Å²) in [6.45, 7) is 3.89. The minimum absolute atomic E-state index is 0.688. The van der Waals surface area contributed by atoms with Crippen molar-refractivity contribution in [3.8, 4) is 11.5 Å². The zero-order valence-corrected chi connectivity index (χ0v) is 12.2. The minimum Gasteiger partial charge on any atom is -0.353 e. The fourth-order valence-corrected chi connectivity index (χ4v) is 2.79. The Morgan fingerprint density at radius 3 is 2.55 bits per heavy atom. The summed E-state index contributed by atoms with van der Waals surface area (Å²) >= 11 is 0. The molecule has 5 nitrogen and oxygen atoms in total. The second kappa shape index (κ2) is 5.69. The van der Waals surface area contributed by atoms with Gasteiger partial charge < -0.3 is 10.2 Å². The van der Waals surface area contributed by atoms with Crippen LogP contribution in [0, 0.1) is 0 Å². The van der Waals surface area contributed by atoms with Crippen molar-refractivity contribution >= 4 is 16.7 Å². The Labute approximate surface area is 129 Å². The summed E-state index contributed by atoms with van der Waals surface area (Å²) in [7, 11) is 0. The highest BCUT2D eigenvalue weighted by Crippen LogP contribution is 2.26. The van der Waals surface area contributed by atoms with Crippen LogP contribution in [0.5, 0.6) is 0 Å². The molecule has 5 heteroatoms. The fourth-order valence-electron chi connectivity index (χ4n) is 2.79. The second-order valence-electron chi connectivity index (χ2n) is 5.34. The second-order valence-corrected chi connectivity index (χ2v) is 5.34. The Morgan fingerprint density at radius 2 is 1.73 bits per heavy atom. The molecule has 1 N–H and O–H groups in total. The number of hydrogen-bond donors (Lipinski definition) is 1. The van der Waals surface area contributed by atoms with Crippen molar-refractivity contribution in [3.05, 3.63) is 48.7 Å². The number of hydrogen-bond acceptors (Lipinski definition) is 5. The van der Waals surface area contributed by atoms with E-state index in [4.69, 9.17) is 4.98 Å². The molecule has 4 rings (SSSR count). The van der Waals surface area contributed by atoms with E-state index >= 15 is 0 Å². The Kier molecular flexibility index (Phi) is 3.40. The first-order valence-electron chi connectivity index (χ1n) is 7.56. The molecule has 0 spiro atoms. The zero-order chi connectivity index (χ0) is 14.8. The van der Waals surface area contributed by atoms with E-state index < -0.39 is 0 Å². The van der Waals surface area contributed by atoms with Gasteiger partial charge in [0.25, 0.3) is 0 Å². The summed E-state index contributed by atoms with van der Waals surface area (Å²) in [6.07, 6.45) is 1.78. The lowest BCUT2D eigenvalue weighted by atomic mass is 10.2. The van der Waals surface area contributed by atoms with Gasteiger partial charge >= 0.3 is 0 Å². The average Bonchev–Trinajstić information content (AvgIpc) is 2.62. The number of fused-ring (bicyclic) bond motifs is 1. The monoisotopic (exact) mass is 291 g/mol. The first kappa shape index (κ1) is 13.2. The van der Waals surface area contributed by atoms with Crippen molar-refractivity contribution in [1.29, 1.82) is 0 Å². The summed E-state index contributed by atoms with van der Waals surface area (Å²) in [6, 6.07) is 14.0. The van der Waals surface area contributed by atoms with Crippen LogP contribution in [0.15, 0.2) is 48.7 Å². The lowest BCUT2D eigenvalue weighted by Gasteiger charge is -2.29. The Hall–Kier alpha value is -2.53. The molecule has 0 aliphatic carbocycles. The molecule has 1 aliphatic rings. The van der Waals surface area contributed by atoms with Gasteiger partial charge in [-0.3, -0.25) is 4.98 Å². The van der Waals surface area contributed by atoms with Gasteiger partial charge in [-0.15, -0.1) is 0 Å². The number of benzene rings is 1. The maximum Gasteiger partial charge on any atom is 0.180 e. The number of para-hydroxylation sites is 1. The van der Waals surface area contributed by atoms with Crippen molar-refractivity contribution in [2.75, 3.05) is 31.1 Å². The predicted molar refractivity (Wildman–Crippen MR) is 87.9 cm³/mol. The highest BCUT2D eigenvalue weighted by molar-refractivity contribution is 5.90. The van der Waals surface area contributed by atoms with Gasteiger partial charge in [0.05, 0.1) is 5.52 Å². The average molecular weight is 291 g/mol. The topological polar surface area (TPSA) is 53.9 Å². The number of aromatic nitrogens is 3. The van der Waals surface area contributed by atoms with Crippen LogP contribution in [0.1, 0.15) is 0 Å². The van der Waals surface area contributed by atoms with Crippen molar-refractivity contribution in [1.82, 2.24) is 20.3 Å². The van der Waals surface area contributed by atoms with E-state index in [1.807, 2.05) is 36.4 Å². The molecule has 1 aromatic carbocycles. The zero-order valence-electron chi connectivity index (χ0n) is 12.2. The van der Waals surface area contributed by atoms with Crippen LogP contribution in [-0.4, -0.2) is 41.1 Å². The highest BCUT2D eigenvalue weighted by Gasteiger charge is 2.17. The van der Waals surface area contributed by atoms with Crippen LogP contribution in [0.4, 0.5) is 5.82 Å². The maximum atomic E-state index is 4.82. The molecule has 0 bridgehead atoms. The number of nitrogens with zero attached hydrogens (tertiary/aromatic N) is 4. The summed E-state index contributed by atoms with van der Waals surface area (Å²) in [4.78, 5) is 16.2. The number of anilines is 1. The van der Waals surface area contributed by atoms with Gasteiger partial charge in [0.15, 0.2) is 5.82 Å². The van der Waals surface area contributed by atoms with Crippen LogP contribution in [0.2, 0.25) is 0 Å². The summed E-state index contributed by atoms with van der Waals surface area (Å²) < 4.78 is 0. The number of nitrogens with one attached hydrogen (secondary N) is 1. The van der Waals surface area contributed by atoms with Gasteiger partial charge in [-0.25, -0.2) is 9.97 Å². The van der Waals surface area contributed by atoms with E-state index in [1.54, 1.807) is 6.20 Å². The summed E-state index contributed by atoms with van der Waals surface area (Å²) in [5, 5.41) is 4.48. The van der Waals surface area contributed by atoms with E-state index in [0.29, 0.717) is 5.82 Å². The summed E-state index contributed by atoms with van der Waals surface area (Å²) in [5.41, 5.74) is 1.77. The SMILES string of the molecule is c1ccc(-c2nc(N3CCNCC3)c3ccccc3n2)nc1. The molecule has 22 heavy (non-hydrogen) atoms. The van der Waals surface area contributed by atoms with Gasteiger partial charge in [0.2, 0.25) is 0 Å². The molecule has 1 fully saturated rings. The van der Waals surface area contributed by atoms with E-state index in [-0.39, 0.29) is 0 Å². The van der Waals surface area contributed by atoms with Gasteiger partial charge in [-0.2, -0.15) is 0 Å². The Balaban J connectivity index is 1.89. The fraction of sp³-hybridized carbons (Fsp3) is 0.235. The van der Waals surface area contributed by atoms with Crippen molar-refractivity contribution in [2.24, 2.45) is 0 Å². The third-order valence-corrected chi connectivity index (χ3v) is 3.89. The Bertz CT molecular complexity index is 781. The number of pyridine rings is 1. The van der Waals surface area contributed by atoms with Crippen LogP contribution in [0.3, 0.4) is 0 Å². The van der Waals surface area contributed by atoms with Crippen LogP contribution < -0.4 is 10.2 Å². The standard InChI is InChI=1S/C17H17N5/c1-2-6-14-13(5-1)17(22-11-9-18-10-12-22)21-16(20-14)15-7-3-4-8-19-15/h1-8,18H,9-12H2. The largest absolute Gasteiger partial charge is 0.353 e. The third-order valence-electron chi connectivity index (χ3n) is 3.89. The molecule has 1 aliphatic heterocycles. The van der Waals surface area contributed by atoms with Gasteiger partial charge in [0.1, 0.15) is 11.5 Å². The highest BCUT2D eigenvalue weighted by atomic mass is 15.2. The normalized spacial score (nSPS) is 15.2. The smallest absolute Gasteiger partial charge is 0.180 e. The predicted octanol–water partition coefficient (Wildman–Crippen LogP) is 2.10. The molecule has 1 saturated heterocycles. The minimum atomic E-state index is 0.688. The first-order chi connectivity index (χ1) is 10.9. The number of piperazine rings is 1. The van der Waals surface area contributed by atoms with Crippen molar-refractivity contribution in [3.63, 3.8) is 0 Å². The van der Waals surface area contributed by atoms with Crippen LogP contribution >= 0.6 is 0 Å². The molecule has 3 aromatic rings.